The number of aryl methyl sites for hydroxylation is 2. The van der Waals surface area contributed by atoms with E-state index < -0.39 is 0 Å². The second-order valence-electron chi connectivity index (χ2n) is 4.06. The highest BCUT2D eigenvalue weighted by molar-refractivity contribution is 7.55. The molecule has 2 aromatic carbocycles. The van der Waals surface area contributed by atoms with Crippen molar-refractivity contribution in [1.82, 2.24) is 0 Å². The SMILES string of the molecule is COc1c(C)cc(Pc2cc[c]cc2)cc1C. The fraction of sp³-hybridized carbons (Fsp3) is 0.200. The molecule has 0 saturated heterocycles. The van der Waals surface area contributed by atoms with Crippen LogP contribution < -0.4 is 15.3 Å². The minimum Gasteiger partial charge on any atom is -0.496 e. The highest BCUT2D eigenvalue weighted by Gasteiger charge is 2.05. The van der Waals surface area contributed by atoms with Gasteiger partial charge in [0.15, 0.2) is 0 Å². The molecule has 2 heteroatoms. The smallest absolute Gasteiger partial charge is 0.124 e. The van der Waals surface area contributed by atoms with Crippen molar-refractivity contribution in [2.45, 2.75) is 13.8 Å². The van der Waals surface area contributed by atoms with Crippen LogP contribution in [0.2, 0.25) is 0 Å². The third kappa shape index (κ3) is 2.87. The summed E-state index contributed by atoms with van der Waals surface area (Å²) in [6, 6.07) is 15.6. The van der Waals surface area contributed by atoms with E-state index in [-0.39, 0.29) is 0 Å². The highest BCUT2D eigenvalue weighted by atomic mass is 31.1. The molecule has 0 bridgehead atoms. The average Bonchev–Trinajstić information content (AvgIpc) is 2.30. The molecule has 0 aliphatic rings. The van der Waals surface area contributed by atoms with Crippen LogP contribution in [0.5, 0.6) is 5.75 Å². The standard InChI is InChI=1S/C15H16OP/c1-11-9-14(10-12(2)15(11)16-3)17-13-7-5-4-6-8-13/h5-10,17H,1-3H3. The second-order valence-corrected chi connectivity index (χ2v) is 5.46. The monoisotopic (exact) mass is 243 g/mol. The normalized spacial score (nSPS) is 11.0. The number of benzene rings is 2. The van der Waals surface area contributed by atoms with Crippen LogP contribution in [0.15, 0.2) is 36.4 Å². The van der Waals surface area contributed by atoms with Crippen molar-refractivity contribution in [2.24, 2.45) is 0 Å². The first-order valence-corrected chi connectivity index (χ1v) is 6.59. The van der Waals surface area contributed by atoms with Gasteiger partial charge < -0.3 is 4.74 Å². The van der Waals surface area contributed by atoms with E-state index in [4.69, 9.17) is 4.74 Å². The van der Waals surface area contributed by atoms with E-state index in [0.717, 1.165) is 5.75 Å². The predicted molar refractivity (Wildman–Crippen MR) is 75.3 cm³/mol. The van der Waals surface area contributed by atoms with E-state index in [0.29, 0.717) is 8.58 Å². The summed E-state index contributed by atoms with van der Waals surface area (Å²) < 4.78 is 5.38. The van der Waals surface area contributed by atoms with Gasteiger partial charge in [-0.3, -0.25) is 0 Å². The summed E-state index contributed by atoms with van der Waals surface area (Å²) in [4.78, 5) is 0. The molecule has 2 aromatic rings. The van der Waals surface area contributed by atoms with Crippen molar-refractivity contribution in [2.75, 3.05) is 7.11 Å². The van der Waals surface area contributed by atoms with E-state index in [1.54, 1.807) is 7.11 Å². The number of methoxy groups -OCH3 is 1. The lowest BCUT2D eigenvalue weighted by Gasteiger charge is -2.11. The Kier molecular flexibility index (Phi) is 3.81. The molecule has 0 spiro atoms. The van der Waals surface area contributed by atoms with E-state index in [1.807, 2.05) is 12.1 Å². The number of hydrogen-bond acceptors (Lipinski definition) is 1. The third-order valence-electron chi connectivity index (χ3n) is 2.67. The number of hydrogen-bond donors (Lipinski definition) is 0. The van der Waals surface area contributed by atoms with Crippen LogP contribution in [0.3, 0.4) is 0 Å². The van der Waals surface area contributed by atoms with Crippen molar-refractivity contribution < 1.29 is 4.74 Å². The van der Waals surface area contributed by atoms with Gasteiger partial charge in [-0.2, -0.15) is 0 Å². The highest BCUT2D eigenvalue weighted by Crippen LogP contribution is 2.23. The van der Waals surface area contributed by atoms with E-state index in [9.17, 15) is 0 Å². The Morgan fingerprint density at radius 2 is 1.59 bits per heavy atom. The van der Waals surface area contributed by atoms with Crippen molar-refractivity contribution >= 4 is 19.2 Å². The molecule has 87 valence electrons. The van der Waals surface area contributed by atoms with Crippen molar-refractivity contribution in [3.8, 4) is 5.75 Å². The molecule has 0 aliphatic carbocycles. The van der Waals surface area contributed by atoms with Gasteiger partial charge in [-0.25, -0.2) is 0 Å². The minimum absolute atomic E-state index is 0.692. The van der Waals surface area contributed by atoms with Crippen molar-refractivity contribution in [3.63, 3.8) is 0 Å². The molecule has 0 fully saturated rings. The fourth-order valence-electron chi connectivity index (χ4n) is 1.98. The largest absolute Gasteiger partial charge is 0.496 e. The molecule has 0 aromatic heterocycles. The molecule has 1 atom stereocenters. The molecule has 1 unspecified atom stereocenters. The Morgan fingerprint density at radius 1 is 1.00 bits per heavy atom. The van der Waals surface area contributed by atoms with Gasteiger partial charge in [0.25, 0.3) is 0 Å². The van der Waals surface area contributed by atoms with Crippen molar-refractivity contribution in [3.05, 3.63) is 53.6 Å². The predicted octanol–water partition coefficient (Wildman–Crippen LogP) is 2.74. The van der Waals surface area contributed by atoms with Gasteiger partial charge in [-0.15, -0.1) is 0 Å². The summed E-state index contributed by atoms with van der Waals surface area (Å²) in [7, 11) is 2.42. The second kappa shape index (κ2) is 5.33. The summed E-state index contributed by atoms with van der Waals surface area (Å²) in [5.41, 5.74) is 2.41. The molecular formula is C15H16OP. The Balaban J connectivity index is 2.29. The Labute approximate surface area is 105 Å². The topological polar surface area (TPSA) is 9.23 Å². The van der Waals surface area contributed by atoms with Gasteiger partial charge in [0.05, 0.1) is 7.11 Å². The maximum Gasteiger partial charge on any atom is 0.124 e. The zero-order valence-corrected chi connectivity index (χ0v) is 11.4. The van der Waals surface area contributed by atoms with Gasteiger partial charge in [0, 0.05) is 0 Å². The maximum absolute atomic E-state index is 5.38. The lowest BCUT2D eigenvalue weighted by molar-refractivity contribution is 0.409. The van der Waals surface area contributed by atoms with Crippen molar-refractivity contribution in [1.29, 1.82) is 0 Å². The molecule has 1 radical (unpaired) electrons. The van der Waals surface area contributed by atoms with Crippen LogP contribution in [0.1, 0.15) is 11.1 Å². The first-order valence-electron chi connectivity index (χ1n) is 5.59. The third-order valence-corrected chi connectivity index (χ3v) is 3.87. The molecule has 2 rings (SSSR count). The zero-order valence-electron chi connectivity index (χ0n) is 10.4. The molecule has 0 saturated carbocycles. The van der Waals surface area contributed by atoms with Crippen LogP contribution in [-0.4, -0.2) is 7.11 Å². The zero-order chi connectivity index (χ0) is 12.3. The summed E-state index contributed by atoms with van der Waals surface area (Å²) in [6.07, 6.45) is 0. The molecule has 0 heterocycles. The van der Waals surface area contributed by atoms with E-state index in [1.165, 1.54) is 21.7 Å². The molecule has 17 heavy (non-hydrogen) atoms. The van der Waals surface area contributed by atoms with E-state index in [2.05, 4.69) is 44.2 Å². The Hall–Kier alpha value is -1.33. The lowest BCUT2D eigenvalue weighted by Crippen LogP contribution is -2.05. The minimum atomic E-state index is 0.692. The molecule has 0 aliphatic heterocycles. The lowest BCUT2D eigenvalue weighted by atomic mass is 10.1. The number of rotatable bonds is 3. The van der Waals surface area contributed by atoms with Crippen LogP contribution >= 0.6 is 8.58 Å². The van der Waals surface area contributed by atoms with Crippen LogP contribution in [0.25, 0.3) is 0 Å². The van der Waals surface area contributed by atoms with Crippen LogP contribution in [0.4, 0.5) is 0 Å². The van der Waals surface area contributed by atoms with Crippen LogP contribution in [-0.2, 0) is 0 Å². The first kappa shape index (κ1) is 12.1. The van der Waals surface area contributed by atoms with Crippen LogP contribution in [0, 0.1) is 19.9 Å². The fourth-order valence-corrected chi connectivity index (χ4v) is 3.23. The molecule has 0 amide bonds. The summed E-state index contributed by atoms with van der Waals surface area (Å²) in [5.74, 6) is 1.000. The summed E-state index contributed by atoms with van der Waals surface area (Å²) in [6.45, 7) is 4.19. The average molecular weight is 243 g/mol. The quantitative estimate of drug-likeness (QED) is 0.753. The molecule has 0 N–H and O–H groups in total. The van der Waals surface area contributed by atoms with Gasteiger partial charge in [-0.1, -0.05) is 32.8 Å². The van der Waals surface area contributed by atoms with E-state index >= 15 is 0 Å². The van der Waals surface area contributed by atoms with Gasteiger partial charge in [0.1, 0.15) is 5.75 Å². The summed E-state index contributed by atoms with van der Waals surface area (Å²) >= 11 is 0. The Bertz CT molecular complexity index is 483. The summed E-state index contributed by atoms with van der Waals surface area (Å²) in [5, 5.41) is 2.69. The van der Waals surface area contributed by atoms with Gasteiger partial charge >= 0.3 is 0 Å². The maximum atomic E-state index is 5.38. The molecule has 1 nitrogen and oxygen atoms in total. The number of ether oxygens (including phenoxy) is 1. The van der Waals surface area contributed by atoms with Gasteiger partial charge in [-0.05, 0) is 53.8 Å². The Morgan fingerprint density at radius 3 is 2.12 bits per heavy atom. The van der Waals surface area contributed by atoms with Gasteiger partial charge in [0.2, 0.25) is 0 Å². The molecular weight excluding hydrogens is 227 g/mol. The first-order chi connectivity index (χ1) is 8.20.